The Morgan fingerprint density at radius 1 is 1.75 bits per heavy atom. The van der Waals surface area contributed by atoms with Gasteiger partial charge in [0.25, 0.3) is 0 Å². The molecular weight excluding hydrogens is 360 g/mol. The molecule has 0 unspecified atom stereocenters. The van der Waals surface area contributed by atoms with Crippen molar-refractivity contribution >= 4 is 50.2 Å². The van der Waals surface area contributed by atoms with Crippen LogP contribution in [0.25, 0.3) is 0 Å². The van der Waals surface area contributed by atoms with Gasteiger partial charge in [-0.3, -0.25) is 3.53 Å². The maximum absolute atomic E-state index is 2.72. The zero-order valence-corrected chi connectivity index (χ0v) is 10.2. The van der Waals surface area contributed by atoms with E-state index < -0.39 is 0 Å². The standard InChI is InChI=1S/CH4IN.Pb.2H/c1-3-2;;;/h3H,1H3;;;. The van der Waals surface area contributed by atoms with Crippen LogP contribution in [0.4, 0.5) is 0 Å². The molecule has 0 spiro atoms. The molecule has 1 nitrogen and oxygen atoms in total. The van der Waals surface area contributed by atoms with Crippen molar-refractivity contribution in [3.63, 3.8) is 0 Å². The van der Waals surface area contributed by atoms with Gasteiger partial charge in [-0.1, -0.05) is 0 Å². The first kappa shape index (κ1) is 9.15. The molecule has 0 aromatic heterocycles. The summed E-state index contributed by atoms with van der Waals surface area (Å²) in [4.78, 5) is 0. The fourth-order valence-electron chi connectivity index (χ4n) is 0. The Hall–Kier alpha value is 1.61. The van der Waals surface area contributed by atoms with Crippen LogP contribution in [0.1, 0.15) is 0 Å². The molecule has 0 aromatic rings. The fourth-order valence-corrected chi connectivity index (χ4v) is 0. The van der Waals surface area contributed by atoms with Crippen LogP contribution in [-0.2, 0) is 0 Å². The number of hydrogen-bond acceptors (Lipinski definition) is 1. The molecule has 2 radical (unpaired) electrons. The van der Waals surface area contributed by atoms with Crippen LogP contribution in [-0.4, -0.2) is 34.3 Å². The molecule has 0 heterocycles. The summed E-state index contributed by atoms with van der Waals surface area (Å²) in [6.45, 7) is 0. The molecule has 0 aliphatic carbocycles. The predicted octanol–water partition coefficient (Wildman–Crippen LogP) is -0.360. The molecule has 26 valence electrons. The van der Waals surface area contributed by atoms with E-state index in [2.05, 4.69) is 3.53 Å². The number of nitrogens with one attached hydrogen (secondary N) is 1. The van der Waals surface area contributed by atoms with Gasteiger partial charge in [-0.25, -0.2) is 0 Å². The summed E-state index contributed by atoms with van der Waals surface area (Å²) in [5.41, 5.74) is 0. The molecule has 0 bridgehead atoms. The molecule has 0 rings (SSSR count). The molecule has 0 aliphatic heterocycles. The van der Waals surface area contributed by atoms with Gasteiger partial charge in [0.1, 0.15) is 0 Å². The van der Waals surface area contributed by atoms with Crippen LogP contribution >= 0.6 is 22.9 Å². The Morgan fingerprint density at radius 3 is 1.75 bits per heavy atom. The van der Waals surface area contributed by atoms with Crippen LogP contribution in [0, 0.1) is 0 Å². The van der Waals surface area contributed by atoms with Crippen molar-refractivity contribution in [1.29, 1.82) is 0 Å². The Bertz CT molecular complexity index is 8.00. The maximum atomic E-state index is 2.72. The first-order valence-electron chi connectivity index (χ1n) is 0.689. The second-order valence-electron chi connectivity index (χ2n) is 0.189. The van der Waals surface area contributed by atoms with Gasteiger partial charge in [0.15, 0.2) is 0 Å². The quantitative estimate of drug-likeness (QED) is 0.351. The van der Waals surface area contributed by atoms with E-state index >= 15 is 0 Å². The Morgan fingerprint density at radius 2 is 1.75 bits per heavy atom. The normalized spacial score (nSPS) is 4.50. The van der Waals surface area contributed by atoms with Gasteiger partial charge in [0.2, 0.25) is 0 Å². The van der Waals surface area contributed by atoms with Crippen molar-refractivity contribution in [2.45, 2.75) is 0 Å². The summed E-state index contributed by atoms with van der Waals surface area (Å²) in [5, 5.41) is 0. The van der Waals surface area contributed by atoms with Crippen LogP contribution in [0.15, 0.2) is 0 Å². The van der Waals surface area contributed by atoms with Crippen LogP contribution < -0.4 is 3.53 Å². The molecule has 4 heavy (non-hydrogen) atoms. The van der Waals surface area contributed by atoms with E-state index in [0.29, 0.717) is 0 Å². The summed E-state index contributed by atoms with van der Waals surface area (Å²) in [6.07, 6.45) is 0. The SMILES string of the molecule is CNI.[PbH2]. The Labute approximate surface area is 60.2 Å². The van der Waals surface area contributed by atoms with Crippen LogP contribution in [0.3, 0.4) is 0 Å². The number of halogens is 1. The third kappa shape index (κ3) is 9.48. The molecule has 0 atom stereocenters. The molecule has 1 N–H and O–H groups in total. The van der Waals surface area contributed by atoms with Crippen LogP contribution in [0.5, 0.6) is 0 Å². The molecule has 0 saturated heterocycles. The minimum atomic E-state index is 0. The zero-order chi connectivity index (χ0) is 2.71. The number of hydrogen-bond donors (Lipinski definition) is 1. The second kappa shape index (κ2) is 8.82. The van der Waals surface area contributed by atoms with Gasteiger partial charge in [-0.05, 0) is 7.05 Å². The Kier molecular flexibility index (Phi) is 20.2. The second-order valence-corrected chi connectivity index (χ2v) is 1.27. The summed E-state index contributed by atoms with van der Waals surface area (Å²) in [6, 6.07) is 0. The van der Waals surface area contributed by atoms with Crippen molar-refractivity contribution in [1.82, 2.24) is 3.53 Å². The van der Waals surface area contributed by atoms with Crippen LogP contribution in [0.2, 0.25) is 0 Å². The van der Waals surface area contributed by atoms with Crippen molar-refractivity contribution in [2.24, 2.45) is 0 Å². The van der Waals surface area contributed by atoms with Gasteiger partial charge in [-0.2, -0.15) is 0 Å². The minimum absolute atomic E-state index is 0. The zero-order valence-electron chi connectivity index (χ0n) is 2.59. The Balaban J connectivity index is 0. The molecule has 0 aromatic carbocycles. The van der Waals surface area contributed by atoms with Gasteiger partial charge >= 0.3 is 27.3 Å². The van der Waals surface area contributed by atoms with E-state index in [1.807, 2.05) is 29.9 Å². The fraction of sp³-hybridized carbons (Fsp3) is 1.00. The van der Waals surface area contributed by atoms with E-state index in [-0.39, 0.29) is 27.3 Å². The van der Waals surface area contributed by atoms with Gasteiger partial charge < -0.3 is 0 Å². The first-order valence-corrected chi connectivity index (χ1v) is 1.77. The van der Waals surface area contributed by atoms with Crippen molar-refractivity contribution in [3.05, 3.63) is 0 Å². The molecule has 0 saturated carbocycles. The molecule has 0 amide bonds. The summed E-state index contributed by atoms with van der Waals surface area (Å²) in [7, 11) is 1.86. The summed E-state index contributed by atoms with van der Waals surface area (Å²) >= 11 is 2.04. The molecule has 0 aliphatic rings. The number of rotatable bonds is 0. The summed E-state index contributed by atoms with van der Waals surface area (Å²) < 4.78 is 2.72. The van der Waals surface area contributed by atoms with Gasteiger partial charge in [0, 0.05) is 22.9 Å². The van der Waals surface area contributed by atoms with Crippen molar-refractivity contribution < 1.29 is 0 Å². The van der Waals surface area contributed by atoms with Gasteiger partial charge in [0.05, 0.1) is 0 Å². The third-order valence-corrected chi connectivity index (χ3v) is 0. The summed E-state index contributed by atoms with van der Waals surface area (Å²) in [5.74, 6) is 0. The average molecular weight is 366 g/mol. The predicted molar refractivity (Wildman–Crippen MR) is 31.6 cm³/mol. The first-order chi connectivity index (χ1) is 1.41. The third-order valence-electron chi connectivity index (χ3n) is 0. The molecule has 3 heteroatoms. The van der Waals surface area contributed by atoms with E-state index in [4.69, 9.17) is 0 Å². The van der Waals surface area contributed by atoms with E-state index in [0.717, 1.165) is 0 Å². The monoisotopic (exact) mass is 367 g/mol. The van der Waals surface area contributed by atoms with Crippen molar-refractivity contribution in [3.8, 4) is 0 Å². The van der Waals surface area contributed by atoms with E-state index in [1.165, 1.54) is 0 Å². The topological polar surface area (TPSA) is 12.0 Å². The average Bonchev–Trinajstić information content (AvgIpc) is 0.918. The molecular formula is CH6INPb. The molecule has 0 fully saturated rings. The van der Waals surface area contributed by atoms with E-state index in [1.54, 1.807) is 0 Å². The van der Waals surface area contributed by atoms with E-state index in [9.17, 15) is 0 Å². The van der Waals surface area contributed by atoms with Gasteiger partial charge in [-0.15, -0.1) is 0 Å². The van der Waals surface area contributed by atoms with Crippen molar-refractivity contribution in [2.75, 3.05) is 7.05 Å².